The number of aryl methyl sites for hydroxylation is 2. The van der Waals surface area contributed by atoms with E-state index in [1.807, 2.05) is 13.8 Å². The van der Waals surface area contributed by atoms with E-state index in [1.165, 1.54) is 0 Å². The van der Waals surface area contributed by atoms with Crippen molar-refractivity contribution in [2.45, 2.75) is 45.2 Å². The Morgan fingerprint density at radius 2 is 1.96 bits per heavy atom. The highest BCUT2D eigenvalue weighted by Crippen LogP contribution is 2.22. The van der Waals surface area contributed by atoms with Crippen molar-refractivity contribution in [2.24, 2.45) is 0 Å². The van der Waals surface area contributed by atoms with E-state index in [9.17, 15) is 13.2 Å². The zero-order chi connectivity index (χ0) is 16.6. The topological polar surface area (TPSA) is 95.2 Å². The molecule has 0 radical (unpaired) electrons. The summed E-state index contributed by atoms with van der Waals surface area (Å²) in [6.45, 7) is 5.35. The van der Waals surface area contributed by atoms with Gasteiger partial charge in [-0.2, -0.15) is 5.10 Å². The van der Waals surface area contributed by atoms with Crippen molar-refractivity contribution in [1.82, 2.24) is 20.4 Å². The average molecular weight is 340 g/mol. The first kappa shape index (κ1) is 16.4. The third kappa shape index (κ3) is 3.58. The van der Waals surface area contributed by atoms with Gasteiger partial charge in [0.2, 0.25) is 0 Å². The van der Waals surface area contributed by atoms with Gasteiger partial charge in [-0.05, 0) is 33.1 Å². The fraction of sp³-hybridized carbons (Fsp3) is 0.733. The van der Waals surface area contributed by atoms with Gasteiger partial charge in [-0.25, -0.2) is 8.42 Å². The number of aromatic amines is 1. The molecule has 1 aromatic heterocycles. The van der Waals surface area contributed by atoms with Crippen LogP contribution in [0.2, 0.25) is 0 Å². The second kappa shape index (κ2) is 6.24. The maximum atomic E-state index is 12.4. The number of nitrogens with zero attached hydrogens (tertiary/aromatic N) is 2. The SMILES string of the molecule is Cc1n[nH]c(C)c1C(=O)NC1CCN([C@H]2CCS(=O)(=O)C2)CC1. The van der Waals surface area contributed by atoms with Gasteiger partial charge in [0.1, 0.15) is 0 Å². The van der Waals surface area contributed by atoms with Crippen LogP contribution in [0, 0.1) is 13.8 Å². The Balaban J connectivity index is 1.53. The van der Waals surface area contributed by atoms with Crippen LogP contribution in [0.1, 0.15) is 41.0 Å². The van der Waals surface area contributed by atoms with Gasteiger partial charge in [0.25, 0.3) is 5.91 Å². The van der Waals surface area contributed by atoms with Crippen LogP contribution >= 0.6 is 0 Å². The van der Waals surface area contributed by atoms with Crippen LogP contribution in [0.3, 0.4) is 0 Å². The van der Waals surface area contributed by atoms with E-state index in [-0.39, 0.29) is 23.7 Å². The highest BCUT2D eigenvalue weighted by Gasteiger charge is 2.34. The van der Waals surface area contributed by atoms with Crippen molar-refractivity contribution in [3.63, 3.8) is 0 Å². The van der Waals surface area contributed by atoms with Crippen LogP contribution in [0.5, 0.6) is 0 Å². The number of nitrogens with one attached hydrogen (secondary N) is 2. The molecule has 0 aromatic carbocycles. The monoisotopic (exact) mass is 340 g/mol. The summed E-state index contributed by atoms with van der Waals surface area (Å²) in [6.07, 6.45) is 2.46. The highest BCUT2D eigenvalue weighted by molar-refractivity contribution is 7.91. The molecule has 2 aliphatic rings. The van der Waals surface area contributed by atoms with Crippen molar-refractivity contribution in [2.75, 3.05) is 24.6 Å². The van der Waals surface area contributed by atoms with E-state index < -0.39 is 9.84 Å². The quantitative estimate of drug-likeness (QED) is 0.831. The first-order valence-electron chi connectivity index (χ1n) is 8.12. The van der Waals surface area contributed by atoms with Gasteiger partial charge in [-0.1, -0.05) is 0 Å². The van der Waals surface area contributed by atoms with E-state index in [1.54, 1.807) is 0 Å². The summed E-state index contributed by atoms with van der Waals surface area (Å²) >= 11 is 0. The lowest BCUT2D eigenvalue weighted by Gasteiger charge is -2.35. The summed E-state index contributed by atoms with van der Waals surface area (Å²) in [5.74, 6) is 0.529. The first-order valence-corrected chi connectivity index (χ1v) is 9.95. The third-order valence-corrected chi connectivity index (χ3v) is 6.70. The summed E-state index contributed by atoms with van der Waals surface area (Å²) in [6, 6.07) is 0.306. The number of H-pyrrole nitrogens is 1. The van der Waals surface area contributed by atoms with Gasteiger partial charge in [-0.15, -0.1) is 0 Å². The zero-order valence-corrected chi connectivity index (χ0v) is 14.4. The van der Waals surface area contributed by atoms with E-state index in [0.717, 1.165) is 38.0 Å². The molecule has 0 aliphatic carbocycles. The Kier molecular flexibility index (Phi) is 4.46. The molecule has 23 heavy (non-hydrogen) atoms. The number of hydrogen-bond donors (Lipinski definition) is 2. The molecule has 3 heterocycles. The predicted molar refractivity (Wildman–Crippen MR) is 87.2 cm³/mol. The first-order chi connectivity index (χ1) is 10.9. The number of sulfone groups is 1. The Hall–Kier alpha value is -1.41. The third-order valence-electron chi connectivity index (χ3n) is 4.94. The minimum atomic E-state index is -2.84. The van der Waals surface area contributed by atoms with Gasteiger partial charge in [0.05, 0.1) is 22.8 Å². The van der Waals surface area contributed by atoms with E-state index in [0.29, 0.717) is 17.0 Å². The summed E-state index contributed by atoms with van der Waals surface area (Å²) in [4.78, 5) is 14.6. The van der Waals surface area contributed by atoms with Gasteiger partial charge in [0.15, 0.2) is 9.84 Å². The number of carbonyl (C=O) groups is 1. The molecule has 0 saturated carbocycles. The molecular weight excluding hydrogens is 316 g/mol. The van der Waals surface area contributed by atoms with Crippen molar-refractivity contribution < 1.29 is 13.2 Å². The molecule has 8 heteroatoms. The lowest BCUT2D eigenvalue weighted by atomic mass is 10.0. The van der Waals surface area contributed by atoms with Crippen molar-refractivity contribution in [1.29, 1.82) is 0 Å². The molecule has 2 fully saturated rings. The van der Waals surface area contributed by atoms with Crippen molar-refractivity contribution in [3.05, 3.63) is 17.0 Å². The Morgan fingerprint density at radius 1 is 1.26 bits per heavy atom. The Bertz CT molecular complexity index is 670. The van der Waals surface area contributed by atoms with Gasteiger partial charge >= 0.3 is 0 Å². The molecule has 2 N–H and O–H groups in total. The van der Waals surface area contributed by atoms with E-state index >= 15 is 0 Å². The maximum absolute atomic E-state index is 12.4. The van der Waals surface area contributed by atoms with Crippen molar-refractivity contribution in [3.8, 4) is 0 Å². The predicted octanol–water partition coefficient (Wildman–Crippen LogP) is 0.408. The van der Waals surface area contributed by atoms with Gasteiger partial charge in [0, 0.05) is 30.9 Å². The highest BCUT2D eigenvalue weighted by atomic mass is 32.2. The zero-order valence-electron chi connectivity index (χ0n) is 13.6. The number of likely N-dealkylation sites (tertiary alicyclic amines) is 1. The molecule has 1 amide bonds. The standard InChI is InChI=1S/C15H24N4O3S/c1-10-14(11(2)18-17-10)15(20)16-12-3-6-19(7-4-12)13-5-8-23(21,22)9-13/h12-13H,3-9H2,1-2H3,(H,16,20)(H,17,18)/t13-/m0/s1. The Morgan fingerprint density at radius 3 is 2.48 bits per heavy atom. The number of piperidine rings is 1. The van der Waals surface area contributed by atoms with Crippen LogP contribution in [0.15, 0.2) is 0 Å². The molecular formula is C15H24N4O3S. The van der Waals surface area contributed by atoms with Crippen LogP contribution in [0.25, 0.3) is 0 Å². The molecule has 7 nitrogen and oxygen atoms in total. The molecule has 128 valence electrons. The molecule has 3 rings (SSSR count). The number of amides is 1. The smallest absolute Gasteiger partial charge is 0.255 e. The fourth-order valence-electron chi connectivity index (χ4n) is 3.62. The van der Waals surface area contributed by atoms with E-state index in [2.05, 4.69) is 20.4 Å². The summed E-state index contributed by atoms with van der Waals surface area (Å²) < 4.78 is 23.2. The normalized spacial score (nSPS) is 25.6. The second-order valence-corrected chi connectivity index (χ2v) is 8.88. The minimum absolute atomic E-state index is 0.0735. The molecule has 0 spiro atoms. The molecule has 0 bridgehead atoms. The fourth-order valence-corrected chi connectivity index (χ4v) is 5.38. The van der Waals surface area contributed by atoms with Crippen LogP contribution in [-0.2, 0) is 9.84 Å². The molecule has 1 atom stereocenters. The summed E-state index contributed by atoms with van der Waals surface area (Å²) in [7, 11) is -2.84. The number of rotatable bonds is 3. The van der Waals surface area contributed by atoms with E-state index in [4.69, 9.17) is 0 Å². The van der Waals surface area contributed by atoms with Gasteiger partial charge < -0.3 is 5.32 Å². The summed E-state index contributed by atoms with van der Waals surface area (Å²) in [5.41, 5.74) is 2.14. The lowest BCUT2D eigenvalue weighted by molar-refractivity contribution is 0.0897. The number of aromatic nitrogens is 2. The average Bonchev–Trinajstić information content (AvgIpc) is 3.02. The molecule has 2 aliphatic heterocycles. The van der Waals surface area contributed by atoms with Crippen molar-refractivity contribution >= 4 is 15.7 Å². The summed E-state index contributed by atoms with van der Waals surface area (Å²) in [5, 5.41) is 9.97. The van der Waals surface area contributed by atoms with Crippen LogP contribution in [-0.4, -0.2) is 66.1 Å². The number of carbonyl (C=O) groups excluding carboxylic acids is 1. The largest absolute Gasteiger partial charge is 0.349 e. The maximum Gasteiger partial charge on any atom is 0.255 e. The van der Waals surface area contributed by atoms with Crippen LogP contribution in [0.4, 0.5) is 0 Å². The number of hydrogen-bond acceptors (Lipinski definition) is 5. The second-order valence-electron chi connectivity index (χ2n) is 6.65. The molecule has 0 unspecified atom stereocenters. The minimum Gasteiger partial charge on any atom is -0.349 e. The molecule has 2 saturated heterocycles. The molecule has 1 aromatic rings. The lowest BCUT2D eigenvalue weighted by Crippen LogP contribution is -2.48. The van der Waals surface area contributed by atoms with Gasteiger partial charge in [-0.3, -0.25) is 14.8 Å². The Labute approximate surface area is 136 Å². The van der Waals surface area contributed by atoms with Crippen LogP contribution < -0.4 is 5.32 Å².